The number of amides is 3. The van der Waals surface area contributed by atoms with E-state index in [4.69, 9.17) is 47.1 Å². The normalized spacial score (nSPS) is 12.8. The van der Waals surface area contributed by atoms with E-state index in [1.54, 1.807) is 6.07 Å². The van der Waals surface area contributed by atoms with Crippen LogP contribution < -0.4 is 15.8 Å². The van der Waals surface area contributed by atoms with Crippen LogP contribution in [0.3, 0.4) is 0 Å². The molecule has 0 atom stereocenters. The lowest BCUT2D eigenvalue weighted by atomic mass is 10.1. The van der Waals surface area contributed by atoms with Gasteiger partial charge in [0.1, 0.15) is 11.1 Å². The van der Waals surface area contributed by atoms with E-state index in [1.165, 1.54) is 0 Å². The Hall–Kier alpha value is -4.01. The molecule has 0 radical (unpaired) electrons. The van der Waals surface area contributed by atoms with E-state index < -0.39 is 29.3 Å². The molecule has 0 aliphatic carbocycles. The summed E-state index contributed by atoms with van der Waals surface area (Å²) in [5.41, 5.74) is 0.667. The molecule has 2 heterocycles. The van der Waals surface area contributed by atoms with E-state index in [9.17, 15) is 24.0 Å². The van der Waals surface area contributed by atoms with Crippen LogP contribution in [0.4, 0.5) is 5.69 Å². The van der Waals surface area contributed by atoms with E-state index in [0.717, 1.165) is 18.8 Å². The van der Waals surface area contributed by atoms with Gasteiger partial charge in [-0.05, 0) is 44.9 Å². The maximum atomic E-state index is 12.6. The van der Waals surface area contributed by atoms with E-state index in [2.05, 4.69) is 24.1 Å². The first kappa shape index (κ1) is 47.4. The summed E-state index contributed by atoms with van der Waals surface area (Å²) in [7, 11) is 0. The van der Waals surface area contributed by atoms with Gasteiger partial charge in [-0.25, -0.2) is 9.59 Å². The predicted octanol–water partition coefficient (Wildman–Crippen LogP) is 2.28. The average molecular weight is 810 g/mol. The second-order valence-electron chi connectivity index (χ2n) is 12.5. The first-order valence-corrected chi connectivity index (χ1v) is 19.6. The molecule has 0 saturated carbocycles. The molecule has 2 aromatic rings. The highest BCUT2D eigenvalue weighted by atomic mass is 16.7. The minimum Gasteiger partial charge on any atom is -0.422 e. The number of nitrogens with zero attached hydrogens (tertiary/aromatic N) is 2. The highest BCUT2D eigenvalue weighted by Gasteiger charge is 2.32. The number of nitrogens with one attached hydrogen (secondary N) is 1. The fourth-order valence-electron chi connectivity index (χ4n) is 5.30. The fourth-order valence-corrected chi connectivity index (χ4v) is 5.30. The van der Waals surface area contributed by atoms with E-state index >= 15 is 0 Å². The van der Waals surface area contributed by atoms with Crippen molar-refractivity contribution >= 4 is 40.3 Å². The lowest BCUT2D eigenvalue weighted by Gasteiger charge is -2.21. The molecule has 1 fully saturated rings. The first-order chi connectivity index (χ1) is 27.8. The molecule has 18 nitrogen and oxygen atoms in total. The molecule has 0 spiro atoms. The molecule has 57 heavy (non-hydrogen) atoms. The Morgan fingerprint density at radius 2 is 1.12 bits per heavy atom. The number of hydrogen-bond acceptors (Lipinski definition) is 16. The number of anilines is 1. The van der Waals surface area contributed by atoms with Gasteiger partial charge in [0.2, 0.25) is 0 Å². The summed E-state index contributed by atoms with van der Waals surface area (Å²) in [5.74, 6) is -2.09. The molecule has 1 aromatic carbocycles. The monoisotopic (exact) mass is 809 g/mol. The van der Waals surface area contributed by atoms with Gasteiger partial charge in [-0.1, -0.05) is 0 Å². The highest BCUT2D eigenvalue weighted by molar-refractivity contribution is 6.01. The Morgan fingerprint density at radius 3 is 1.61 bits per heavy atom. The zero-order chi connectivity index (χ0) is 40.9. The van der Waals surface area contributed by atoms with Crippen molar-refractivity contribution < 1.29 is 66.3 Å². The van der Waals surface area contributed by atoms with Crippen molar-refractivity contribution in [2.24, 2.45) is 0 Å². The number of fused-ring (bicyclic) bond motifs is 1. The van der Waals surface area contributed by atoms with Crippen LogP contribution in [0, 0.1) is 0 Å². The van der Waals surface area contributed by atoms with Crippen molar-refractivity contribution in [2.45, 2.75) is 46.0 Å². The quantitative estimate of drug-likeness (QED) is 0.0613. The van der Waals surface area contributed by atoms with E-state index in [-0.39, 0.29) is 38.0 Å². The molecule has 1 aliphatic heterocycles. The number of benzene rings is 1. The standard InChI is InChI=1S/C39H59N3O15/c1-3-41(4-2)32-9-8-31-29-33(39(47)56-34(31)30-32)38(46)40-12-14-49-16-18-51-20-22-53-24-26-55-28-27-54-25-23-52-21-19-50-17-15-48-13-6-5-7-37(45)57-42-35(43)10-11-36(42)44/h8-9,29-30H,3-7,10-28H2,1-2H3,(H,40,46). The topological polar surface area (TPSA) is 200 Å². The fraction of sp³-hybridized carbons (Fsp3) is 0.667. The Kier molecular flexibility index (Phi) is 24.3. The molecular weight excluding hydrogens is 750 g/mol. The maximum Gasteiger partial charge on any atom is 0.349 e. The number of rotatable bonds is 34. The van der Waals surface area contributed by atoms with Crippen molar-refractivity contribution in [1.82, 2.24) is 10.4 Å². The molecule has 1 aliphatic rings. The molecule has 3 rings (SSSR count). The van der Waals surface area contributed by atoms with Gasteiger partial charge in [-0.2, -0.15) is 0 Å². The average Bonchev–Trinajstić information content (AvgIpc) is 3.52. The van der Waals surface area contributed by atoms with Crippen LogP contribution in [0.5, 0.6) is 0 Å². The van der Waals surface area contributed by atoms with Gasteiger partial charge >= 0.3 is 11.6 Å². The van der Waals surface area contributed by atoms with Crippen molar-refractivity contribution in [3.05, 3.63) is 40.2 Å². The minimum atomic E-state index is -0.682. The Balaban J connectivity index is 0.994. The van der Waals surface area contributed by atoms with Gasteiger partial charge in [-0.15, -0.1) is 5.06 Å². The molecule has 1 saturated heterocycles. The molecule has 18 heteroatoms. The highest BCUT2D eigenvalue weighted by Crippen LogP contribution is 2.22. The van der Waals surface area contributed by atoms with Crippen LogP contribution in [0.25, 0.3) is 11.0 Å². The first-order valence-electron chi connectivity index (χ1n) is 19.6. The van der Waals surface area contributed by atoms with Gasteiger partial charge in [0.15, 0.2) is 0 Å². The second kappa shape index (κ2) is 29.2. The van der Waals surface area contributed by atoms with Crippen LogP contribution in [-0.2, 0) is 57.1 Å². The third-order valence-corrected chi connectivity index (χ3v) is 8.35. The summed E-state index contributed by atoms with van der Waals surface area (Å²) in [5, 5.41) is 3.92. The third-order valence-electron chi connectivity index (χ3n) is 8.35. The maximum absolute atomic E-state index is 12.6. The van der Waals surface area contributed by atoms with Crippen molar-refractivity contribution in [3.8, 4) is 0 Å². The van der Waals surface area contributed by atoms with E-state index in [0.29, 0.717) is 128 Å². The van der Waals surface area contributed by atoms with Crippen LogP contribution in [0.1, 0.15) is 56.3 Å². The number of unbranched alkanes of at least 4 members (excludes halogenated alkanes) is 1. The van der Waals surface area contributed by atoms with Gasteiger partial charge in [-0.3, -0.25) is 14.4 Å². The largest absolute Gasteiger partial charge is 0.422 e. The van der Waals surface area contributed by atoms with Gasteiger partial charge in [0, 0.05) is 62.6 Å². The van der Waals surface area contributed by atoms with Crippen molar-refractivity contribution in [1.29, 1.82) is 0 Å². The number of hydroxylamine groups is 2. The Bertz CT molecular complexity index is 1520. The lowest BCUT2D eigenvalue weighted by Crippen LogP contribution is -2.31. The number of carbonyl (C=O) groups is 4. The summed E-state index contributed by atoms with van der Waals surface area (Å²) in [4.78, 5) is 66.6. The second-order valence-corrected chi connectivity index (χ2v) is 12.5. The number of imide groups is 1. The van der Waals surface area contributed by atoms with Crippen LogP contribution in [-0.4, -0.2) is 154 Å². The summed E-state index contributed by atoms with van der Waals surface area (Å²) >= 11 is 0. The Morgan fingerprint density at radius 1 is 0.649 bits per heavy atom. The molecule has 1 N–H and O–H groups in total. The SMILES string of the molecule is CCN(CC)c1ccc2cc(C(=O)NCCOCCOCCOCCOCCOCCOCCOCCOCCCCC(=O)ON3C(=O)CCC3=O)c(=O)oc2c1. The summed E-state index contributed by atoms with van der Waals surface area (Å²) in [6.07, 6.45) is 1.41. The van der Waals surface area contributed by atoms with Crippen LogP contribution >= 0.6 is 0 Å². The third kappa shape index (κ3) is 19.3. The lowest BCUT2D eigenvalue weighted by molar-refractivity contribution is -0.197. The van der Waals surface area contributed by atoms with Gasteiger partial charge in [0.25, 0.3) is 17.7 Å². The van der Waals surface area contributed by atoms with Crippen molar-refractivity contribution in [3.63, 3.8) is 0 Å². The predicted molar refractivity (Wildman–Crippen MR) is 206 cm³/mol. The van der Waals surface area contributed by atoms with Gasteiger partial charge in [0.05, 0.1) is 99.1 Å². The van der Waals surface area contributed by atoms with Crippen LogP contribution in [0.15, 0.2) is 33.5 Å². The molecule has 1 aromatic heterocycles. The molecule has 320 valence electrons. The molecule has 3 amide bonds. The van der Waals surface area contributed by atoms with Crippen molar-refractivity contribution in [2.75, 3.05) is 130 Å². The molecule has 0 bridgehead atoms. The minimum absolute atomic E-state index is 0.0483. The number of hydrogen-bond donors (Lipinski definition) is 1. The Labute approximate surface area is 333 Å². The smallest absolute Gasteiger partial charge is 0.349 e. The summed E-state index contributed by atoms with van der Waals surface area (Å²) < 4.78 is 49.2. The van der Waals surface area contributed by atoms with Gasteiger partial charge < -0.3 is 57.4 Å². The zero-order valence-electron chi connectivity index (χ0n) is 33.3. The molecular formula is C39H59N3O15. The number of ether oxygens (including phenoxy) is 8. The zero-order valence-corrected chi connectivity index (χ0v) is 33.3. The van der Waals surface area contributed by atoms with Crippen LogP contribution in [0.2, 0.25) is 0 Å². The number of carbonyl (C=O) groups excluding carboxylic acids is 4. The van der Waals surface area contributed by atoms with E-state index in [1.807, 2.05) is 18.2 Å². The summed E-state index contributed by atoms with van der Waals surface area (Å²) in [6.45, 7) is 12.7. The molecule has 0 unspecified atom stereocenters. The summed E-state index contributed by atoms with van der Waals surface area (Å²) in [6, 6.07) is 7.16.